The highest BCUT2D eigenvalue weighted by Gasteiger charge is 2.24. The summed E-state index contributed by atoms with van der Waals surface area (Å²) in [7, 11) is 2.00. The average molecular weight is 342 g/mol. The quantitative estimate of drug-likeness (QED) is 0.887. The molecule has 3 heterocycles. The number of hydrogen-bond acceptors (Lipinski definition) is 4. The van der Waals surface area contributed by atoms with Crippen LogP contribution in [-0.2, 0) is 18.7 Å². The fourth-order valence-electron chi connectivity index (χ4n) is 2.78. The smallest absolute Gasteiger partial charge is 0.0854 e. The molecule has 0 aromatic carbocycles. The molecule has 1 N–H and O–H groups in total. The van der Waals surface area contributed by atoms with Crippen molar-refractivity contribution >= 4 is 34.7 Å². The van der Waals surface area contributed by atoms with Gasteiger partial charge in [-0.2, -0.15) is 16.9 Å². The molecule has 3 nitrogen and oxygen atoms in total. The molecule has 2 aromatic rings. The van der Waals surface area contributed by atoms with Crippen LogP contribution in [0.3, 0.4) is 0 Å². The number of hydrogen-bond donors (Lipinski definition) is 1. The minimum absolute atomic E-state index is 0.132. The van der Waals surface area contributed by atoms with Crippen molar-refractivity contribution in [2.75, 3.05) is 12.8 Å². The van der Waals surface area contributed by atoms with Crippen LogP contribution in [0, 0.1) is 0 Å². The van der Waals surface area contributed by atoms with Gasteiger partial charge in [-0.1, -0.05) is 18.5 Å². The first kappa shape index (κ1) is 15.4. The standard InChI is InChI=1S/C15H20ClN3S2/c1-3-5-19-15(11(16)8-18-19)14(17-2)13-7-10-9-20-6-4-12(10)21-13/h7-8,14,17H,3-6,9H2,1-2H3. The minimum atomic E-state index is 0.132. The van der Waals surface area contributed by atoms with Gasteiger partial charge in [0.25, 0.3) is 0 Å². The number of nitrogens with zero attached hydrogens (tertiary/aromatic N) is 2. The number of halogens is 1. The van der Waals surface area contributed by atoms with Crippen LogP contribution in [-0.4, -0.2) is 22.6 Å². The van der Waals surface area contributed by atoms with Crippen molar-refractivity contribution in [1.29, 1.82) is 0 Å². The fourth-order valence-corrected chi connectivity index (χ4v) is 5.52. The topological polar surface area (TPSA) is 29.9 Å². The van der Waals surface area contributed by atoms with Gasteiger partial charge in [-0.05, 0) is 37.3 Å². The van der Waals surface area contributed by atoms with E-state index in [4.69, 9.17) is 11.6 Å². The summed E-state index contributed by atoms with van der Waals surface area (Å²) in [6.07, 6.45) is 4.02. The molecule has 0 fully saturated rings. The van der Waals surface area contributed by atoms with Gasteiger partial charge in [-0.3, -0.25) is 4.68 Å². The van der Waals surface area contributed by atoms with Gasteiger partial charge < -0.3 is 5.32 Å². The van der Waals surface area contributed by atoms with Crippen LogP contribution in [0.4, 0.5) is 0 Å². The van der Waals surface area contributed by atoms with Gasteiger partial charge in [-0.15, -0.1) is 11.3 Å². The van der Waals surface area contributed by atoms with Crippen LogP contribution in [0.1, 0.15) is 40.4 Å². The summed E-state index contributed by atoms with van der Waals surface area (Å²) >= 11 is 10.4. The first-order valence-corrected chi connectivity index (χ1v) is 9.67. The molecule has 0 saturated carbocycles. The number of thioether (sulfide) groups is 1. The lowest BCUT2D eigenvalue weighted by Gasteiger charge is -2.17. The van der Waals surface area contributed by atoms with Crippen LogP contribution in [0.2, 0.25) is 5.02 Å². The van der Waals surface area contributed by atoms with E-state index in [2.05, 4.69) is 23.4 Å². The third-order valence-electron chi connectivity index (χ3n) is 3.76. The maximum absolute atomic E-state index is 6.41. The van der Waals surface area contributed by atoms with Gasteiger partial charge in [0.05, 0.1) is 23.0 Å². The van der Waals surface area contributed by atoms with Crippen molar-refractivity contribution in [2.24, 2.45) is 0 Å². The molecule has 21 heavy (non-hydrogen) atoms. The van der Waals surface area contributed by atoms with Crippen LogP contribution in [0.5, 0.6) is 0 Å². The molecule has 1 aliphatic heterocycles. The molecule has 3 rings (SSSR count). The minimum Gasteiger partial charge on any atom is -0.307 e. The molecule has 1 aliphatic rings. The van der Waals surface area contributed by atoms with Crippen molar-refractivity contribution in [3.05, 3.63) is 38.3 Å². The first-order valence-electron chi connectivity index (χ1n) is 7.32. The summed E-state index contributed by atoms with van der Waals surface area (Å²) in [5, 5.41) is 8.61. The van der Waals surface area contributed by atoms with Crippen LogP contribution in [0.15, 0.2) is 12.3 Å². The van der Waals surface area contributed by atoms with Gasteiger partial charge in [0, 0.05) is 22.1 Å². The number of fused-ring (bicyclic) bond motifs is 1. The Hall–Kier alpha value is -0.490. The van der Waals surface area contributed by atoms with E-state index < -0.39 is 0 Å². The Morgan fingerprint density at radius 1 is 1.52 bits per heavy atom. The van der Waals surface area contributed by atoms with Crippen molar-refractivity contribution in [3.8, 4) is 0 Å². The summed E-state index contributed by atoms with van der Waals surface area (Å²) in [4.78, 5) is 2.89. The van der Waals surface area contributed by atoms with Gasteiger partial charge in [-0.25, -0.2) is 0 Å². The van der Waals surface area contributed by atoms with Crippen molar-refractivity contribution in [1.82, 2.24) is 15.1 Å². The lowest BCUT2D eigenvalue weighted by atomic mass is 10.1. The molecule has 0 spiro atoms. The molecule has 1 atom stereocenters. The molecular weight excluding hydrogens is 322 g/mol. The predicted octanol–water partition coefficient (Wildman–Crippen LogP) is 4.11. The van der Waals surface area contributed by atoms with Gasteiger partial charge >= 0.3 is 0 Å². The number of rotatable bonds is 5. The number of aryl methyl sites for hydroxylation is 2. The maximum atomic E-state index is 6.41. The number of nitrogens with one attached hydrogen (secondary N) is 1. The van der Waals surface area contributed by atoms with Gasteiger partial charge in [0.15, 0.2) is 0 Å². The molecule has 0 saturated heterocycles. The van der Waals surface area contributed by atoms with E-state index in [0.29, 0.717) is 0 Å². The van der Waals surface area contributed by atoms with Crippen LogP contribution >= 0.6 is 34.7 Å². The highest BCUT2D eigenvalue weighted by molar-refractivity contribution is 7.98. The zero-order chi connectivity index (χ0) is 14.8. The van der Waals surface area contributed by atoms with E-state index in [1.165, 1.54) is 22.6 Å². The van der Waals surface area contributed by atoms with Crippen LogP contribution in [0.25, 0.3) is 0 Å². The Bertz CT molecular complexity index is 597. The molecule has 0 bridgehead atoms. The van der Waals surface area contributed by atoms with E-state index in [9.17, 15) is 0 Å². The molecular formula is C15H20ClN3S2. The van der Waals surface area contributed by atoms with Gasteiger partial charge in [0.1, 0.15) is 0 Å². The molecule has 0 amide bonds. The molecule has 2 aromatic heterocycles. The second-order valence-corrected chi connectivity index (χ2v) is 7.90. The van der Waals surface area contributed by atoms with E-state index in [1.807, 2.05) is 34.8 Å². The van der Waals surface area contributed by atoms with Crippen LogP contribution < -0.4 is 5.32 Å². The molecule has 114 valence electrons. The SMILES string of the molecule is CCCn1ncc(Cl)c1C(NC)c1cc2c(s1)CCSC2. The molecule has 0 radical (unpaired) electrons. The average Bonchev–Trinajstić information content (AvgIpc) is 3.06. The Labute approximate surface area is 139 Å². The normalized spacial score (nSPS) is 16.0. The molecule has 6 heteroatoms. The van der Waals surface area contributed by atoms with Crippen molar-refractivity contribution in [2.45, 2.75) is 38.1 Å². The van der Waals surface area contributed by atoms with Crippen molar-refractivity contribution < 1.29 is 0 Å². The fraction of sp³-hybridized carbons (Fsp3) is 0.533. The third-order valence-corrected chi connectivity index (χ3v) is 6.36. The van der Waals surface area contributed by atoms with E-state index in [-0.39, 0.29) is 6.04 Å². The summed E-state index contributed by atoms with van der Waals surface area (Å²) in [6, 6.07) is 2.49. The Morgan fingerprint density at radius 3 is 3.10 bits per heavy atom. The van der Waals surface area contributed by atoms with E-state index in [0.717, 1.165) is 29.4 Å². The second kappa shape index (κ2) is 6.73. The zero-order valence-corrected chi connectivity index (χ0v) is 14.7. The Kier molecular flexibility index (Phi) is 4.94. The number of aromatic nitrogens is 2. The second-order valence-electron chi connectivity index (χ2n) is 5.22. The van der Waals surface area contributed by atoms with E-state index in [1.54, 1.807) is 11.1 Å². The first-order chi connectivity index (χ1) is 10.2. The van der Waals surface area contributed by atoms with Crippen molar-refractivity contribution in [3.63, 3.8) is 0 Å². The maximum Gasteiger partial charge on any atom is 0.0854 e. The highest BCUT2D eigenvalue weighted by atomic mass is 35.5. The summed E-state index contributed by atoms with van der Waals surface area (Å²) in [5.74, 6) is 2.38. The third kappa shape index (κ3) is 3.02. The monoisotopic (exact) mass is 341 g/mol. The van der Waals surface area contributed by atoms with Gasteiger partial charge in [0.2, 0.25) is 0 Å². The highest BCUT2D eigenvalue weighted by Crippen LogP contribution is 2.38. The Morgan fingerprint density at radius 2 is 2.38 bits per heavy atom. The summed E-state index contributed by atoms with van der Waals surface area (Å²) in [5.41, 5.74) is 2.59. The number of thiophene rings is 1. The Balaban J connectivity index is 1.98. The summed E-state index contributed by atoms with van der Waals surface area (Å²) in [6.45, 7) is 3.07. The molecule has 0 aliphatic carbocycles. The summed E-state index contributed by atoms with van der Waals surface area (Å²) < 4.78 is 2.04. The lowest BCUT2D eigenvalue weighted by Crippen LogP contribution is -2.21. The zero-order valence-electron chi connectivity index (χ0n) is 12.4. The predicted molar refractivity (Wildman–Crippen MR) is 92.6 cm³/mol. The molecule has 1 unspecified atom stereocenters. The lowest BCUT2D eigenvalue weighted by molar-refractivity contribution is 0.538. The van der Waals surface area contributed by atoms with E-state index >= 15 is 0 Å². The largest absolute Gasteiger partial charge is 0.307 e.